The van der Waals surface area contributed by atoms with Gasteiger partial charge in [0.05, 0.1) is 24.6 Å². The Balaban J connectivity index is 0.000000280. The number of hydrogen-bond donors (Lipinski definition) is 5. The third-order valence-corrected chi connectivity index (χ3v) is 23.7. The zero-order valence-corrected chi connectivity index (χ0v) is 72.6. The van der Waals surface area contributed by atoms with Crippen molar-refractivity contribution < 1.29 is 118 Å². The van der Waals surface area contributed by atoms with Crippen LogP contribution in [-0.2, 0) is 83.4 Å². The lowest BCUT2D eigenvalue weighted by atomic mass is 10.0. The van der Waals surface area contributed by atoms with E-state index >= 15 is 4.39 Å². The summed E-state index contributed by atoms with van der Waals surface area (Å²) in [5.41, 5.74) is 0.668. The van der Waals surface area contributed by atoms with Gasteiger partial charge in [-0.05, 0) is 145 Å². The molecule has 0 radical (unpaired) electrons. The van der Waals surface area contributed by atoms with Crippen molar-refractivity contribution in [3.05, 3.63) is 140 Å². The van der Waals surface area contributed by atoms with E-state index in [4.69, 9.17) is 57.2 Å². The molecule has 3 fully saturated rings. The lowest BCUT2D eigenvalue weighted by Crippen LogP contribution is -2.45. The van der Waals surface area contributed by atoms with E-state index in [1.807, 2.05) is 30.3 Å². The smallest absolute Gasteiger partial charge is 0.460 e. The molecule has 5 aromatic rings. The van der Waals surface area contributed by atoms with Gasteiger partial charge in [0.2, 0.25) is 6.79 Å². The average molecular weight is 1760 g/mol. The zero-order chi connectivity index (χ0) is 88.3. The number of rotatable bonds is 26. The summed E-state index contributed by atoms with van der Waals surface area (Å²) >= 11 is 3.06. The topological polar surface area (TPSA) is 457 Å². The summed E-state index contributed by atoms with van der Waals surface area (Å²) in [5.74, 6) is -3.17. The normalized spacial score (nSPS) is 22.3. The van der Waals surface area contributed by atoms with Gasteiger partial charge < -0.3 is 53.8 Å². The van der Waals surface area contributed by atoms with Crippen LogP contribution in [0.25, 0.3) is 0 Å². The Bertz CT molecular complexity index is 4450. The molecule has 2 aromatic carbocycles. The van der Waals surface area contributed by atoms with E-state index in [1.165, 1.54) is 50.6 Å². The van der Waals surface area contributed by atoms with Crippen molar-refractivity contribution in [2.24, 2.45) is 11.8 Å². The lowest BCUT2D eigenvalue weighted by molar-refractivity contribution is -0.147. The van der Waals surface area contributed by atoms with Crippen molar-refractivity contribution in [2.75, 3.05) is 42.1 Å². The molecule has 3 saturated heterocycles. The van der Waals surface area contributed by atoms with E-state index in [0.717, 1.165) is 60.1 Å². The Morgan fingerprint density at radius 2 is 0.949 bits per heavy atom. The quantitative estimate of drug-likeness (QED) is 0.0149. The van der Waals surface area contributed by atoms with Gasteiger partial charge in [-0.3, -0.25) is 32.3 Å². The number of anilines is 3. The van der Waals surface area contributed by atoms with Crippen LogP contribution in [0.3, 0.4) is 0 Å². The molecule has 4 amide bonds. The highest BCUT2D eigenvalue weighted by Crippen LogP contribution is 2.51. The molecule has 3 aromatic heterocycles. The molecule has 6 heterocycles. The zero-order valence-electron chi connectivity index (χ0n) is 68.3. The largest absolute Gasteiger partial charge is 0.613 e. The molecule has 2 unspecified atom stereocenters. The van der Waals surface area contributed by atoms with E-state index in [2.05, 4.69) is 25.1 Å². The number of esters is 2. The minimum absolute atomic E-state index is 0.0502. The molecule has 16 atom stereocenters. The summed E-state index contributed by atoms with van der Waals surface area (Å²) in [5, 5.41) is 19.9. The minimum Gasteiger partial charge on any atom is -0.460 e. The molecule has 0 aliphatic carbocycles. The number of carbonyl (C=O) groups is 7. The number of alkyl halides is 3. The molecule has 6 N–H and O–H groups in total. The van der Waals surface area contributed by atoms with Crippen LogP contribution in [-0.4, -0.2) is 189 Å². The summed E-state index contributed by atoms with van der Waals surface area (Å²) in [6, 6.07) is 19.6. The molecule has 3 aliphatic heterocycles. The predicted octanol–water partition coefficient (Wildman–Crippen LogP) is 11.9. The number of carbonyl (C=O) groups excluding carboxylic acids is 7. The number of nitrogen functional groups attached to an aromatic ring is 1. The predicted molar refractivity (Wildman–Crippen MR) is 431 cm³/mol. The number of nitrogens with two attached hydrogens (primary N) is 1. The van der Waals surface area contributed by atoms with Crippen LogP contribution >= 0.6 is 51.2 Å². The van der Waals surface area contributed by atoms with Gasteiger partial charge in [0.1, 0.15) is 94.7 Å². The highest BCUT2D eigenvalue weighted by Gasteiger charge is 2.49. The van der Waals surface area contributed by atoms with Crippen LogP contribution < -0.4 is 42.8 Å². The molecule has 8 rings (SSSR count). The molecule has 118 heavy (non-hydrogen) atoms. The average Bonchev–Trinajstić information content (AvgIpc) is 1.53. The molecule has 0 spiro atoms. The van der Waals surface area contributed by atoms with Crippen LogP contribution in [0.5, 0.6) is 0 Å². The van der Waals surface area contributed by atoms with E-state index in [1.54, 1.807) is 141 Å². The van der Waals surface area contributed by atoms with E-state index in [-0.39, 0.29) is 49.1 Å². The summed E-state index contributed by atoms with van der Waals surface area (Å²) in [6.45, 7) is 26.9. The van der Waals surface area contributed by atoms with Crippen molar-refractivity contribution in [2.45, 2.75) is 235 Å². The maximum atomic E-state index is 15.5. The first-order valence-electron chi connectivity index (χ1n) is 36.9. The molecule has 652 valence electrons. The monoisotopic (exact) mass is 1760 g/mol. The lowest BCUT2D eigenvalue weighted by Gasteiger charge is -2.28. The van der Waals surface area contributed by atoms with Crippen molar-refractivity contribution >= 4 is 111 Å². The molecule has 0 saturated carbocycles. The van der Waals surface area contributed by atoms with Gasteiger partial charge in [-0.1, -0.05) is 79.6 Å². The van der Waals surface area contributed by atoms with Crippen molar-refractivity contribution in [3.63, 3.8) is 0 Å². The number of ether oxygens (including phenoxy) is 8. The Kier molecular flexibility index (Phi) is 35.9. The van der Waals surface area contributed by atoms with Gasteiger partial charge in [-0.25, -0.2) is 61.2 Å². The third kappa shape index (κ3) is 30.0. The number of nitrogens with one attached hydrogen (secondary N) is 2. The van der Waals surface area contributed by atoms with Crippen LogP contribution in [0.15, 0.2) is 112 Å². The summed E-state index contributed by atoms with van der Waals surface area (Å²) < 4.78 is 132. The number of aliphatic hydroxyl groups is 2. The SMILES string of the molecule is CC(C)OC(=O)OCOP(=O)(N[C@@H](C)C(=O)OCc1ccccc1)OC[C@H]1S[C@@H](n2ccc(N)nc2=O)[C@@H](F)[C@@H]1O.C[C@H]1[C@H](F)[C@H](n2ccc(N(C(=O)OC(C)(C)C)C(=O)OC(C)(C)C)nc2=O)S[C@@H]1CO.C[C@H]1[C@H](F)[C@H](n2ccc(N(C(=O)OC(C)(C)C)C(=O)OC(C)(C)C)nc2=O)S[C@@H]1CO[P+](=O)N[C@@H](C)C(=O)OCc1ccccc1. The Morgan fingerprint density at radius 1 is 0.559 bits per heavy atom. The first-order valence-corrected chi connectivity index (χ1v) is 42.4. The van der Waals surface area contributed by atoms with Gasteiger partial charge in [-0.2, -0.15) is 24.8 Å². The van der Waals surface area contributed by atoms with Crippen molar-refractivity contribution in [1.82, 2.24) is 38.8 Å². The maximum Gasteiger partial charge on any atom is 0.613 e. The van der Waals surface area contributed by atoms with Gasteiger partial charge in [0, 0.05) is 40.9 Å². The number of benzene rings is 2. The number of aliphatic hydroxyl groups excluding tert-OH is 2. The van der Waals surface area contributed by atoms with Crippen LogP contribution in [0.4, 0.5) is 54.6 Å². The number of amides is 4. The maximum absolute atomic E-state index is 15.5. The number of halogens is 3. The molecule has 36 nitrogen and oxygen atoms in total. The Labute approximate surface area is 692 Å². The summed E-state index contributed by atoms with van der Waals surface area (Å²) in [4.78, 5) is 138. The fraction of sp³-hybridized carbons (Fsp3) is 0.581. The fourth-order valence-electron chi connectivity index (χ4n) is 10.4. The number of imide groups is 2. The van der Waals surface area contributed by atoms with Crippen LogP contribution in [0, 0.1) is 11.8 Å². The molecule has 3 aliphatic rings. The first-order chi connectivity index (χ1) is 54.9. The molecular weight excluding hydrogens is 1660 g/mol. The second-order valence-corrected chi connectivity index (χ2v) is 37.9. The van der Waals surface area contributed by atoms with Crippen molar-refractivity contribution in [3.8, 4) is 0 Å². The van der Waals surface area contributed by atoms with Gasteiger partial charge in [0.25, 0.3) is 0 Å². The fourth-order valence-corrected chi connectivity index (χ4v) is 17.3. The Hall–Kier alpha value is -8.54. The van der Waals surface area contributed by atoms with Crippen molar-refractivity contribution in [1.29, 1.82) is 0 Å². The van der Waals surface area contributed by atoms with E-state index < -0.39 is 193 Å². The number of hydrogen-bond acceptors (Lipinski definition) is 32. The number of thioether (sulfide) groups is 3. The first kappa shape index (κ1) is 98.3. The van der Waals surface area contributed by atoms with Gasteiger partial charge >= 0.3 is 75.5 Å². The summed E-state index contributed by atoms with van der Waals surface area (Å²) in [7, 11) is -6.95. The summed E-state index contributed by atoms with van der Waals surface area (Å²) in [6.07, 6.45) is -8.59. The van der Waals surface area contributed by atoms with Gasteiger partial charge in [-0.15, -0.1) is 39.8 Å². The standard InChI is InChI=1S/C30H41FN4O9PS.C24H32FN4O10PS.C20H30FN3O6S/c1-18-21(17-42-45(40)33-19(2)25(36)41-16-20-12-10-9-11-13-20)46-24(23(18)31)34-15-14-22(32-26(34)37)35(27(38)43-29(3,4)5)28(39)44-30(6,7)8;1-14(2)39-24(33)36-13-38-40(34,28-15(3)22(31)35-11-16-7-5-4-6-8-16)37-12-17-20(30)19(25)21(41-17)29-10-9-18(26)27-23(29)32;1-11-12(10-25)31-15(14(11)21)23-9-8-13(22-16(23)26)24(17(27)29-19(2,3)4)18(28)30-20(5,6)7/h9-15,18-19,21,23-24H,16-17H2,1-8H3,(H,33,40);4-10,14-15,17,19-21,30H,11-13H2,1-3H3,(H,28,34)(H2,26,27,32);8-9,11-12,14-15,25H,10H2,1-7H3/q+1;;/t18-,19+,21-,23+,24-;15-,17+,19-,20+,21+,40?;11-,12-,14+,15-/m101/s1. The number of aromatic nitrogens is 6. The third-order valence-electron chi connectivity index (χ3n) is 16.2. The molecular formula is C74H103F3N11O25P2S3+. The highest BCUT2D eigenvalue weighted by molar-refractivity contribution is 8.00. The second-order valence-electron chi connectivity index (χ2n) is 31.0. The van der Waals surface area contributed by atoms with E-state index in [9.17, 15) is 76.1 Å². The highest BCUT2D eigenvalue weighted by atomic mass is 32.2. The van der Waals surface area contributed by atoms with E-state index in [0.29, 0.717) is 9.80 Å². The van der Waals surface area contributed by atoms with Gasteiger partial charge in [0.15, 0.2) is 17.8 Å². The molecule has 0 bridgehead atoms. The minimum atomic E-state index is -4.45. The number of nitrogens with zero attached hydrogens (tertiary/aromatic N) is 8. The molecule has 44 heteroatoms. The second kappa shape index (κ2) is 43.1. The Morgan fingerprint density at radius 3 is 1.35 bits per heavy atom. The van der Waals surface area contributed by atoms with Crippen LogP contribution in [0.2, 0.25) is 0 Å². The van der Waals surface area contributed by atoms with Crippen LogP contribution in [0.1, 0.15) is 152 Å².